The van der Waals surface area contributed by atoms with Crippen LogP contribution in [0.4, 0.5) is 0 Å². The van der Waals surface area contributed by atoms with Crippen molar-refractivity contribution < 1.29 is 34.0 Å². The van der Waals surface area contributed by atoms with Gasteiger partial charge in [-0.15, -0.1) is 0 Å². The second kappa shape index (κ2) is 17.8. The maximum atomic E-state index is 12.0. The van der Waals surface area contributed by atoms with Gasteiger partial charge < -0.3 is 25.3 Å². The summed E-state index contributed by atoms with van der Waals surface area (Å²) in [5.41, 5.74) is 10.6. The van der Waals surface area contributed by atoms with Crippen LogP contribution in [0.2, 0.25) is 0 Å². The maximum Gasteiger partial charge on any atom is 0.338 e. The van der Waals surface area contributed by atoms with Gasteiger partial charge in [0, 0.05) is 12.8 Å². The highest BCUT2D eigenvalue weighted by Gasteiger charge is 2.22. The van der Waals surface area contributed by atoms with Crippen molar-refractivity contribution >= 4 is 29.7 Å². The number of rotatable bonds is 14. The zero-order valence-electron chi connectivity index (χ0n) is 19.2. The van der Waals surface area contributed by atoms with Crippen molar-refractivity contribution in [3.8, 4) is 0 Å². The van der Waals surface area contributed by atoms with Gasteiger partial charge in [-0.1, -0.05) is 32.6 Å². The highest BCUT2D eigenvalue weighted by atomic mass is 16.5. The number of ether oxygens (including phenoxy) is 1. The number of carboxylic acid groups (broad SMARTS) is 1. The number of esters is 1. The van der Waals surface area contributed by atoms with Gasteiger partial charge in [-0.3, -0.25) is 26.0 Å². The number of nitrogens with one attached hydrogen (secondary N) is 3. The lowest BCUT2D eigenvalue weighted by Gasteiger charge is -2.16. The van der Waals surface area contributed by atoms with Gasteiger partial charge in [-0.2, -0.15) is 0 Å². The van der Waals surface area contributed by atoms with Gasteiger partial charge in [0.05, 0.1) is 25.2 Å². The van der Waals surface area contributed by atoms with E-state index in [1.54, 1.807) is 6.92 Å². The molecule has 11 nitrogen and oxygen atoms in total. The van der Waals surface area contributed by atoms with Gasteiger partial charge in [0.2, 0.25) is 11.8 Å². The third-order valence-corrected chi connectivity index (χ3v) is 4.69. The van der Waals surface area contributed by atoms with Crippen molar-refractivity contribution in [3.63, 3.8) is 0 Å². The van der Waals surface area contributed by atoms with Crippen LogP contribution >= 0.6 is 0 Å². The van der Waals surface area contributed by atoms with Gasteiger partial charge in [0.15, 0.2) is 0 Å². The minimum atomic E-state index is -1.19. The average Bonchev–Trinajstić information content (AvgIpc) is 3.17. The maximum absolute atomic E-state index is 12.0. The first kappa shape index (κ1) is 29.1. The van der Waals surface area contributed by atoms with Crippen molar-refractivity contribution in [3.05, 3.63) is 0 Å². The molecular weight excluding hydrogens is 418 g/mol. The lowest BCUT2D eigenvalue weighted by Crippen LogP contribution is -2.78. The molecule has 0 aromatic carbocycles. The summed E-state index contributed by atoms with van der Waals surface area (Å²) >= 11 is 0. The molecule has 0 aromatic rings. The number of unbranched alkanes of at least 4 members (excludes halogenated alkanes) is 4. The van der Waals surface area contributed by atoms with Crippen molar-refractivity contribution in [1.29, 1.82) is 0 Å². The molecule has 0 bridgehead atoms. The van der Waals surface area contributed by atoms with E-state index in [4.69, 9.17) is 16.2 Å². The molecule has 0 aromatic heterocycles. The Bertz CT molecular complexity index is 622. The topological polar surface area (TPSA) is 191 Å². The SMILES string of the molecule is CCCCCCCC(=O)N[C@@H](CCC[NH+]=C(N)N)C(=O)OCC.O=C1CCC(C(=O)[O-])N1. The molecule has 0 aliphatic carbocycles. The molecule has 184 valence electrons. The summed E-state index contributed by atoms with van der Waals surface area (Å²) in [7, 11) is 0. The Morgan fingerprint density at radius 3 is 2.38 bits per heavy atom. The molecule has 1 aliphatic heterocycles. The van der Waals surface area contributed by atoms with E-state index in [9.17, 15) is 24.3 Å². The molecule has 2 amide bonds. The van der Waals surface area contributed by atoms with Crippen LogP contribution in [-0.2, 0) is 23.9 Å². The first-order chi connectivity index (χ1) is 15.2. The second-order valence-corrected chi connectivity index (χ2v) is 7.54. The van der Waals surface area contributed by atoms with E-state index >= 15 is 0 Å². The first-order valence-corrected chi connectivity index (χ1v) is 11.3. The van der Waals surface area contributed by atoms with E-state index in [1.807, 2.05) is 0 Å². The number of carboxylic acids is 1. The molecule has 0 spiro atoms. The minimum Gasteiger partial charge on any atom is -0.548 e. The van der Waals surface area contributed by atoms with Crippen LogP contribution in [0, 0.1) is 0 Å². The molecule has 1 heterocycles. The van der Waals surface area contributed by atoms with Gasteiger partial charge in [0.1, 0.15) is 6.04 Å². The van der Waals surface area contributed by atoms with Gasteiger partial charge >= 0.3 is 11.9 Å². The van der Waals surface area contributed by atoms with E-state index in [-0.39, 0.29) is 17.8 Å². The standard InChI is InChI=1S/C16H32N4O3.C5H7NO3/c1-3-5-6-7-8-11-14(21)20-13(15(22)23-4-2)10-9-12-19-16(17)18;7-4-2-1-3(6-4)5(8)9/h13H,3-12H2,1-2H3,(H,20,21)(H4,17,18,19);3H,1-2H2,(H,6,7)(H,8,9)/t13-;/m0./s1. The Hall–Kier alpha value is -2.85. The Morgan fingerprint density at radius 2 is 1.88 bits per heavy atom. The number of amides is 2. The average molecular weight is 458 g/mol. The predicted octanol–water partition coefficient (Wildman–Crippen LogP) is -2.46. The van der Waals surface area contributed by atoms with E-state index in [0.29, 0.717) is 45.3 Å². The van der Waals surface area contributed by atoms with Crippen LogP contribution in [0.5, 0.6) is 0 Å². The summed E-state index contributed by atoms with van der Waals surface area (Å²) in [6, 6.07) is -1.36. The summed E-state index contributed by atoms with van der Waals surface area (Å²) in [5, 5.41) is 15.0. The molecule has 7 N–H and O–H groups in total. The molecule has 11 heteroatoms. The molecule has 32 heavy (non-hydrogen) atoms. The van der Waals surface area contributed by atoms with E-state index in [0.717, 1.165) is 19.3 Å². The number of nitrogens with two attached hydrogens (primary N) is 2. The summed E-state index contributed by atoms with van der Waals surface area (Å²) in [4.78, 5) is 47.0. The van der Waals surface area contributed by atoms with Crippen LogP contribution in [0.15, 0.2) is 0 Å². The van der Waals surface area contributed by atoms with E-state index in [2.05, 4.69) is 22.5 Å². The number of hydrogen-bond donors (Lipinski definition) is 5. The molecular formula is C21H39N5O6. The summed E-state index contributed by atoms with van der Waals surface area (Å²) < 4.78 is 5.01. The third kappa shape index (κ3) is 15.0. The lowest BCUT2D eigenvalue weighted by molar-refractivity contribution is -0.459. The lowest BCUT2D eigenvalue weighted by atomic mass is 10.1. The Kier molecular flexibility index (Phi) is 16.2. The molecule has 2 atom stereocenters. The van der Waals surface area contributed by atoms with E-state index in [1.165, 1.54) is 12.8 Å². The van der Waals surface area contributed by atoms with Crippen LogP contribution < -0.4 is 32.2 Å². The number of carbonyl (C=O) groups is 4. The number of guanidine groups is 1. The van der Waals surface area contributed by atoms with Crippen LogP contribution in [0.3, 0.4) is 0 Å². The fourth-order valence-corrected chi connectivity index (χ4v) is 2.98. The zero-order valence-corrected chi connectivity index (χ0v) is 19.2. The predicted molar refractivity (Wildman–Crippen MR) is 117 cm³/mol. The highest BCUT2D eigenvalue weighted by Crippen LogP contribution is 2.06. The van der Waals surface area contributed by atoms with Gasteiger partial charge in [-0.25, -0.2) is 4.79 Å². The summed E-state index contributed by atoms with van der Waals surface area (Å²) in [5.74, 6) is -1.74. The van der Waals surface area contributed by atoms with Crippen LogP contribution in [0.1, 0.15) is 78.1 Å². The van der Waals surface area contributed by atoms with Crippen LogP contribution in [0.25, 0.3) is 0 Å². The molecule has 0 radical (unpaired) electrons. The molecule has 1 rings (SSSR count). The summed E-state index contributed by atoms with van der Waals surface area (Å²) in [6.45, 7) is 4.74. The highest BCUT2D eigenvalue weighted by molar-refractivity contribution is 5.86. The molecule has 0 saturated carbocycles. The summed E-state index contributed by atoms with van der Waals surface area (Å²) in [6.07, 6.45) is 7.66. The quantitative estimate of drug-likeness (QED) is 0.0821. The Balaban J connectivity index is 0.000000879. The molecule has 1 fully saturated rings. The number of hydrogen-bond acceptors (Lipinski definition) is 6. The Morgan fingerprint density at radius 1 is 1.19 bits per heavy atom. The van der Waals surface area contributed by atoms with Gasteiger partial charge in [0.25, 0.3) is 0 Å². The molecule has 1 saturated heterocycles. The molecule has 1 aliphatic rings. The van der Waals surface area contributed by atoms with Crippen LogP contribution in [-0.4, -0.2) is 54.9 Å². The van der Waals surface area contributed by atoms with E-state index < -0.39 is 24.0 Å². The van der Waals surface area contributed by atoms with Gasteiger partial charge in [-0.05, 0) is 32.6 Å². The van der Waals surface area contributed by atoms with Crippen molar-refractivity contribution in [2.24, 2.45) is 11.5 Å². The molecule has 1 unspecified atom stereocenters. The first-order valence-electron chi connectivity index (χ1n) is 11.3. The minimum absolute atomic E-state index is 0.0996. The Labute approximate surface area is 189 Å². The number of carbonyl (C=O) groups excluding carboxylic acids is 4. The smallest absolute Gasteiger partial charge is 0.338 e. The van der Waals surface area contributed by atoms with Crippen molar-refractivity contribution in [2.75, 3.05) is 13.2 Å². The van der Waals surface area contributed by atoms with Crippen molar-refractivity contribution in [2.45, 2.75) is 90.1 Å². The fourth-order valence-electron chi connectivity index (χ4n) is 2.98. The zero-order chi connectivity index (χ0) is 24.4. The van der Waals surface area contributed by atoms with Crippen molar-refractivity contribution in [1.82, 2.24) is 10.6 Å². The number of aliphatic carboxylic acids is 1. The fraction of sp³-hybridized carbons (Fsp3) is 0.762. The second-order valence-electron chi connectivity index (χ2n) is 7.54. The monoisotopic (exact) mass is 457 g/mol. The third-order valence-electron chi connectivity index (χ3n) is 4.69. The normalized spacial score (nSPS) is 15.6. The largest absolute Gasteiger partial charge is 0.548 e.